The molecule has 0 spiro atoms. The summed E-state index contributed by atoms with van der Waals surface area (Å²) in [5, 5.41) is 2.80. The van der Waals surface area contributed by atoms with E-state index in [-0.39, 0.29) is 0 Å². The number of carbonyl (C=O) groups excluding carboxylic acids is 1. The van der Waals surface area contributed by atoms with Crippen molar-refractivity contribution in [2.24, 2.45) is 0 Å². The van der Waals surface area contributed by atoms with Crippen LogP contribution in [0.1, 0.15) is 6.42 Å². The van der Waals surface area contributed by atoms with Crippen molar-refractivity contribution in [2.75, 3.05) is 12.8 Å². The van der Waals surface area contributed by atoms with Gasteiger partial charge in [0.1, 0.15) is 10.6 Å². The largest absolute Gasteiger partial charge is 0.374 e. The van der Waals surface area contributed by atoms with Gasteiger partial charge in [0.2, 0.25) is 0 Å². The lowest BCUT2D eigenvalue weighted by atomic mass is 10.6. The molecule has 0 aliphatic carbocycles. The van der Waals surface area contributed by atoms with Gasteiger partial charge in [-0.15, -0.1) is 0 Å². The summed E-state index contributed by atoms with van der Waals surface area (Å²) in [4.78, 5) is 9.80. The molecular weight excluding hydrogens is 154 g/mol. The summed E-state index contributed by atoms with van der Waals surface area (Å²) >= 11 is 6.29. The number of rotatable bonds is 3. The number of carbonyl (C=O) groups is 1. The van der Waals surface area contributed by atoms with Crippen molar-refractivity contribution in [2.45, 2.75) is 6.42 Å². The monoisotopic (exact) mass is 163 g/mol. The molecule has 0 fully saturated rings. The van der Waals surface area contributed by atoms with Gasteiger partial charge in [-0.2, -0.15) is 0 Å². The molecule has 0 radical (unpaired) electrons. The van der Waals surface area contributed by atoms with E-state index in [4.69, 9.17) is 12.2 Å². The fourth-order valence-electron chi connectivity index (χ4n) is 0.272. The highest BCUT2D eigenvalue weighted by molar-refractivity contribution is 8.22. The number of thioether (sulfide) groups is 1. The van der Waals surface area contributed by atoms with Crippen molar-refractivity contribution >= 4 is 34.6 Å². The first-order valence-electron chi connectivity index (χ1n) is 2.59. The van der Waals surface area contributed by atoms with Crippen LogP contribution in [0.25, 0.3) is 0 Å². The summed E-state index contributed by atoms with van der Waals surface area (Å²) < 4.78 is 0.747. The van der Waals surface area contributed by atoms with Crippen LogP contribution in [0.2, 0.25) is 0 Å². The van der Waals surface area contributed by atoms with E-state index in [9.17, 15) is 4.79 Å². The molecule has 9 heavy (non-hydrogen) atoms. The maximum atomic E-state index is 9.80. The molecule has 0 aromatic carbocycles. The van der Waals surface area contributed by atoms with Crippen LogP contribution in [-0.2, 0) is 4.79 Å². The van der Waals surface area contributed by atoms with Crippen molar-refractivity contribution in [3.8, 4) is 0 Å². The standard InChI is InChI=1S/C5H9NOS2/c1-6-5(8)9-4-2-3-7/h3H,2,4H2,1H3,(H,6,8). The summed E-state index contributed by atoms with van der Waals surface area (Å²) in [5.41, 5.74) is 0. The quantitative estimate of drug-likeness (QED) is 0.379. The zero-order valence-corrected chi connectivity index (χ0v) is 6.85. The molecule has 0 aromatic rings. The fraction of sp³-hybridized carbons (Fsp3) is 0.600. The van der Waals surface area contributed by atoms with Crippen LogP contribution in [-0.4, -0.2) is 23.4 Å². The average molecular weight is 163 g/mol. The van der Waals surface area contributed by atoms with E-state index in [1.807, 2.05) is 0 Å². The topological polar surface area (TPSA) is 29.1 Å². The molecule has 0 aliphatic rings. The third-order valence-corrected chi connectivity index (χ3v) is 2.14. The molecule has 1 N–H and O–H groups in total. The van der Waals surface area contributed by atoms with Gasteiger partial charge in [0.25, 0.3) is 0 Å². The minimum Gasteiger partial charge on any atom is -0.374 e. The van der Waals surface area contributed by atoms with E-state index in [1.165, 1.54) is 11.8 Å². The lowest BCUT2D eigenvalue weighted by Gasteiger charge is -1.97. The van der Waals surface area contributed by atoms with Gasteiger partial charge >= 0.3 is 0 Å². The van der Waals surface area contributed by atoms with Crippen LogP contribution < -0.4 is 5.32 Å². The number of nitrogens with one attached hydrogen (secondary N) is 1. The fourth-order valence-corrected chi connectivity index (χ4v) is 1.07. The van der Waals surface area contributed by atoms with Crippen LogP contribution in [0, 0.1) is 0 Å². The Morgan fingerprint density at radius 1 is 1.89 bits per heavy atom. The Balaban J connectivity index is 3.06. The Morgan fingerprint density at radius 3 is 3.00 bits per heavy atom. The van der Waals surface area contributed by atoms with Crippen LogP contribution in [0.15, 0.2) is 0 Å². The van der Waals surface area contributed by atoms with E-state index >= 15 is 0 Å². The van der Waals surface area contributed by atoms with Crippen LogP contribution in [0.5, 0.6) is 0 Å². The van der Waals surface area contributed by atoms with Gasteiger partial charge in [0.15, 0.2) is 0 Å². The minimum absolute atomic E-state index is 0.576. The highest BCUT2D eigenvalue weighted by atomic mass is 32.2. The minimum atomic E-state index is 0.576. The molecule has 0 amide bonds. The third-order valence-electron chi connectivity index (χ3n) is 0.673. The highest BCUT2D eigenvalue weighted by Gasteiger charge is 1.90. The van der Waals surface area contributed by atoms with Crippen LogP contribution in [0.4, 0.5) is 0 Å². The van der Waals surface area contributed by atoms with E-state index in [1.54, 1.807) is 7.05 Å². The Bertz CT molecular complexity index is 105. The molecule has 0 atom stereocenters. The molecule has 0 bridgehead atoms. The van der Waals surface area contributed by atoms with Crippen LogP contribution >= 0.6 is 24.0 Å². The number of aldehydes is 1. The van der Waals surface area contributed by atoms with Gasteiger partial charge in [0, 0.05) is 19.2 Å². The highest BCUT2D eigenvalue weighted by Crippen LogP contribution is 2.01. The van der Waals surface area contributed by atoms with Crippen LogP contribution in [0.3, 0.4) is 0 Å². The molecule has 4 heteroatoms. The second-order valence-electron chi connectivity index (χ2n) is 1.34. The summed E-state index contributed by atoms with van der Waals surface area (Å²) in [6, 6.07) is 0. The Morgan fingerprint density at radius 2 is 2.56 bits per heavy atom. The normalized spacial score (nSPS) is 8.56. The summed E-state index contributed by atoms with van der Waals surface area (Å²) in [6.07, 6.45) is 1.47. The molecule has 0 rings (SSSR count). The van der Waals surface area contributed by atoms with E-state index < -0.39 is 0 Å². The van der Waals surface area contributed by atoms with Gasteiger partial charge in [0.05, 0.1) is 0 Å². The zero-order chi connectivity index (χ0) is 7.11. The Kier molecular flexibility index (Phi) is 5.98. The molecule has 0 heterocycles. The maximum Gasteiger partial charge on any atom is 0.133 e. The molecular formula is C5H9NOS2. The second kappa shape index (κ2) is 6.04. The van der Waals surface area contributed by atoms with E-state index in [0.717, 1.165) is 16.4 Å². The number of hydrogen-bond donors (Lipinski definition) is 1. The zero-order valence-electron chi connectivity index (χ0n) is 5.22. The lowest BCUT2D eigenvalue weighted by Crippen LogP contribution is -2.11. The second-order valence-corrected chi connectivity index (χ2v) is 3.11. The Labute approximate surface area is 64.4 Å². The van der Waals surface area contributed by atoms with E-state index in [0.29, 0.717) is 6.42 Å². The molecule has 0 aliphatic heterocycles. The SMILES string of the molecule is CNC(=S)SCCC=O. The van der Waals surface area contributed by atoms with Gasteiger partial charge in [-0.3, -0.25) is 0 Å². The first kappa shape index (κ1) is 8.91. The molecule has 0 unspecified atom stereocenters. The number of hydrogen-bond acceptors (Lipinski definition) is 3. The van der Waals surface area contributed by atoms with Crippen molar-refractivity contribution < 1.29 is 4.79 Å². The van der Waals surface area contributed by atoms with Gasteiger partial charge in [-0.1, -0.05) is 24.0 Å². The van der Waals surface area contributed by atoms with Crippen molar-refractivity contribution in [1.82, 2.24) is 5.32 Å². The summed E-state index contributed by atoms with van der Waals surface area (Å²) in [7, 11) is 1.77. The van der Waals surface area contributed by atoms with Gasteiger partial charge in [-0.25, -0.2) is 0 Å². The van der Waals surface area contributed by atoms with Crippen molar-refractivity contribution in [3.63, 3.8) is 0 Å². The average Bonchev–Trinajstić information content (AvgIpc) is 1.89. The predicted octanol–water partition coefficient (Wildman–Crippen LogP) is 0.813. The first-order valence-corrected chi connectivity index (χ1v) is 3.98. The van der Waals surface area contributed by atoms with Gasteiger partial charge < -0.3 is 10.1 Å². The van der Waals surface area contributed by atoms with Crippen molar-refractivity contribution in [3.05, 3.63) is 0 Å². The number of thiocarbonyl (C=S) groups is 1. The molecule has 52 valence electrons. The first-order chi connectivity index (χ1) is 4.31. The summed E-state index contributed by atoms with van der Waals surface area (Å²) in [5.74, 6) is 0.781. The smallest absolute Gasteiger partial charge is 0.133 e. The maximum absolute atomic E-state index is 9.80. The van der Waals surface area contributed by atoms with Gasteiger partial charge in [-0.05, 0) is 0 Å². The van der Waals surface area contributed by atoms with E-state index in [2.05, 4.69) is 5.32 Å². The third kappa shape index (κ3) is 5.79. The Hall–Kier alpha value is -0.0900. The molecule has 2 nitrogen and oxygen atoms in total. The predicted molar refractivity (Wildman–Crippen MR) is 44.8 cm³/mol. The van der Waals surface area contributed by atoms with Crippen molar-refractivity contribution in [1.29, 1.82) is 0 Å². The lowest BCUT2D eigenvalue weighted by molar-refractivity contribution is -0.107. The molecule has 0 saturated heterocycles. The summed E-state index contributed by atoms with van der Waals surface area (Å²) in [6.45, 7) is 0. The molecule has 0 aromatic heterocycles. The molecule has 0 saturated carbocycles.